The molecule has 0 fully saturated rings. The lowest BCUT2D eigenvalue weighted by atomic mass is 10.2. The van der Waals surface area contributed by atoms with Gasteiger partial charge in [0.25, 0.3) is 0 Å². The Hall–Kier alpha value is -1.96. The van der Waals surface area contributed by atoms with Gasteiger partial charge in [-0.2, -0.15) is 0 Å². The Morgan fingerprint density at radius 2 is 2.06 bits per heavy atom. The smallest absolute Gasteiger partial charge is 0.465 e. The molecule has 0 amide bonds. The van der Waals surface area contributed by atoms with Gasteiger partial charge in [0.1, 0.15) is 11.3 Å². The zero-order valence-electron chi connectivity index (χ0n) is 8.67. The number of halogens is 3. The van der Waals surface area contributed by atoms with E-state index >= 15 is 0 Å². The van der Waals surface area contributed by atoms with Crippen LogP contribution >= 0.6 is 0 Å². The van der Waals surface area contributed by atoms with Gasteiger partial charge in [0.15, 0.2) is 0 Å². The molecule has 0 heterocycles. The first-order valence-corrected chi connectivity index (χ1v) is 4.32. The Kier molecular flexibility index (Phi) is 3.79. The summed E-state index contributed by atoms with van der Waals surface area (Å²) in [5, 5.41) is 0. The van der Waals surface area contributed by atoms with Gasteiger partial charge in [0.2, 0.25) is 0 Å². The van der Waals surface area contributed by atoms with Gasteiger partial charge < -0.3 is 14.9 Å². The summed E-state index contributed by atoms with van der Waals surface area (Å²) < 4.78 is 44.3. The normalized spacial score (nSPS) is 10.9. The SMILES string of the molecule is COC(=O)c1ccc(NN)cc1OC(F)(F)F. The molecule has 0 radical (unpaired) electrons. The molecule has 5 nitrogen and oxygen atoms in total. The van der Waals surface area contributed by atoms with Crippen molar-refractivity contribution < 1.29 is 27.4 Å². The van der Waals surface area contributed by atoms with Gasteiger partial charge in [-0.1, -0.05) is 0 Å². The molecule has 0 aliphatic rings. The number of nitrogen functional groups attached to an aromatic ring is 1. The molecule has 0 spiro atoms. The van der Waals surface area contributed by atoms with E-state index in [0.29, 0.717) is 0 Å². The number of hydrogen-bond donors (Lipinski definition) is 2. The van der Waals surface area contributed by atoms with E-state index in [1.807, 2.05) is 0 Å². The molecule has 0 aliphatic carbocycles. The second kappa shape index (κ2) is 4.91. The van der Waals surface area contributed by atoms with Crippen LogP contribution in [0.25, 0.3) is 0 Å². The highest BCUT2D eigenvalue weighted by molar-refractivity contribution is 5.93. The van der Waals surface area contributed by atoms with Crippen molar-refractivity contribution in [2.75, 3.05) is 12.5 Å². The average molecular weight is 250 g/mol. The second-order valence-corrected chi connectivity index (χ2v) is 2.89. The number of methoxy groups -OCH3 is 1. The zero-order valence-corrected chi connectivity index (χ0v) is 8.67. The molecule has 17 heavy (non-hydrogen) atoms. The van der Waals surface area contributed by atoms with E-state index in [1.54, 1.807) is 0 Å². The van der Waals surface area contributed by atoms with E-state index in [-0.39, 0.29) is 11.3 Å². The lowest BCUT2D eigenvalue weighted by molar-refractivity contribution is -0.274. The highest BCUT2D eigenvalue weighted by Crippen LogP contribution is 2.29. The Morgan fingerprint density at radius 3 is 2.53 bits per heavy atom. The van der Waals surface area contributed by atoms with Crippen LogP contribution in [0.2, 0.25) is 0 Å². The summed E-state index contributed by atoms with van der Waals surface area (Å²) in [6.07, 6.45) is -4.91. The van der Waals surface area contributed by atoms with Gasteiger partial charge in [-0.25, -0.2) is 4.79 Å². The maximum absolute atomic E-state index is 12.1. The number of anilines is 1. The largest absolute Gasteiger partial charge is 0.573 e. The Labute approximate surface area is 94.3 Å². The molecular formula is C9H9F3N2O3. The number of esters is 1. The molecule has 3 N–H and O–H groups in total. The number of nitrogens with two attached hydrogens (primary N) is 1. The van der Waals surface area contributed by atoms with Crippen LogP contribution in [-0.2, 0) is 4.74 Å². The van der Waals surface area contributed by atoms with Crippen LogP contribution in [0, 0.1) is 0 Å². The van der Waals surface area contributed by atoms with Gasteiger partial charge in [0, 0.05) is 6.07 Å². The van der Waals surface area contributed by atoms with E-state index in [4.69, 9.17) is 5.84 Å². The van der Waals surface area contributed by atoms with Crippen molar-refractivity contribution in [3.8, 4) is 5.75 Å². The Morgan fingerprint density at radius 1 is 1.41 bits per heavy atom. The fourth-order valence-electron chi connectivity index (χ4n) is 1.10. The number of nitrogens with one attached hydrogen (secondary N) is 1. The van der Waals surface area contributed by atoms with Crippen LogP contribution in [0.1, 0.15) is 10.4 Å². The van der Waals surface area contributed by atoms with Crippen LogP contribution < -0.4 is 16.0 Å². The van der Waals surface area contributed by atoms with Gasteiger partial charge in [-0.05, 0) is 12.1 Å². The topological polar surface area (TPSA) is 73.6 Å². The lowest BCUT2D eigenvalue weighted by Gasteiger charge is -2.13. The quantitative estimate of drug-likeness (QED) is 0.485. The minimum absolute atomic E-state index is 0.164. The summed E-state index contributed by atoms with van der Waals surface area (Å²) in [5.41, 5.74) is 1.96. The van der Waals surface area contributed by atoms with Crippen molar-refractivity contribution in [2.24, 2.45) is 5.84 Å². The summed E-state index contributed by atoms with van der Waals surface area (Å²) in [6, 6.07) is 3.37. The summed E-state index contributed by atoms with van der Waals surface area (Å²) in [6.45, 7) is 0. The standard InChI is InChI=1S/C9H9F3N2O3/c1-16-8(15)6-3-2-5(14-13)4-7(6)17-9(10,11)12/h2-4,14H,13H2,1H3. The number of carbonyl (C=O) groups is 1. The van der Waals surface area contributed by atoms with Gasteiger partial charge >= 0.3 is 12.3 Å². The van der Waals surface area contributed by atoms with Crippen LogP contribution in [0.15, 0.2) is 18.2 Å². The van der Waals surface area contributed by atoms with Gasteiger partial charge in [0.05, 0.1) is 12.8 Å². The third kappa shape index (κ3) is 3.52. The van der Waals surface area contributed by atoms with E-state index in [0.717, 1.165) is 19.2 Å². The predicted octanol–water partition coefficient (Wildman–Crippen LogP) is 1.66. The fraction of sp³-hybridized carbons (Fsp3) is 0.222. The van der Waals surface area contributed by atoms with Crippen molar-refractivity contribution in [1.29, 1.82) is 0 Å². The molecule has 0 unspecified atom stereocenters. The summed E-state index contributed by atoms with van der Waals surface area (Å²) in [7, 11) is 1.05. The van der Waals surface area contributed by atoms with Gasteiger partial charge in [-0.3, -0.25) is 5.84 Å². The Bertz CT molecular complexity index is 420. The number of benzene rings is 1. The number of rotatable bonds is 3. The highest BCUT2D eigenvalue weighted by atomic mass is 19.4. The van der Waals surface area contributed by atoms with E-state index in [2.05, 4.69) is 14.9 Å². The maximum atomic E-state index is 12.1. The summed E-state index contributed by atoms with van der Waals surface area (Å²) in [5.74, 6) is 3.42. The molecular weight excluding hydrogens is 241 g/mol. The molecule has 0 saturated carbocycles. The molecule has 1 rings (SSSR count). The lowest BCUT2D eigenvalue weighted by Crippen LogP contribution is -2.20. The summed E-state index contributed by atoms with van der Waals surface area (Å²) >= 11 is 0. The third-order valence-electron chi connectivity index (χ3n) is 1.78. The minimum Gasteiger partial charge on any atom is -0.465 e. The number of hydrazine groups is 1. The van der Waals surface area contributed by atoms with E-state index in [9.17, 15) is 18.0 Å². The van der Waals surface area contributed by atoms with Crippen molar-refractivity contribution in [1.82, 2.24) is 0 Å². The van der Waals surface area contributed by atoms with Crippen molar-refractivity contribution >= 4 is 11.7 Å². The van der Waals surface area contributed by atoms with Crippen LogP contribution in [0.5, 0.6) is 5.75 Å². The molecule has 0 atom stereocenters. The maximum Gasteiger partial charge on any atom is 0.573 e. The number of alkyl halides is 3. The van der Waals surface area contributed by atoms with Crippen LogP contribution in [0.4, 0.5) is 18.9 Å². The molecule has 1 aromatic rings. The number of ether oxygens (including phenoxy) is 2. The molecule has 0 aliphatic heterocycles. The Balaban J connectivity index is 3.16. The van der Waals surface area contributed by atoms with Crippen molar-refractivity contribution in [3.05, 3.63) is 23.8 Å². The second-order valence-electron chi connectivity index (χ2n) is 2.89. The third-order valence-corrected chi connectivity index (χ3v) is 1.78. The summed E-state index contributed by atoms with van der Waals surface area (Å²) in [4.78, 5) is 11.2. The molecule has 8 heteroatoms. The first-order chi connectivity index (χ1) is 7.87. The highest BCUT2D eigenvalue weighted by Gasteiger charge is 2.33. The predicted molar refractivity (Wildman–Crippen MR) is 52.3 cm³/mol. The number of hydrogen-bond acceptors (Lipinski definition) is 5. The molecule has 0 bridgehead atoms. The first-order valence-electron chi connectivity index (χ1n) is 4.32. The molecule has 0 aromatic heterocycles. The molecule has 94 valence electrons. The molecule has 0 saturated heterocycles. The van der Waals surface area contributed by atoms with Crippen LogP contribution in [-0.4, -0.2) is 19.4 Å². The van der Waals surface area contributed by atoms with Crippen LogP contribution in [0.3, 0.4) is 0 Å². The zero-order chi connectivity index (χ0) is 13.1. The van der Waals surface area contributed by atoms with Crippen molar-refractivity contribution in [3.63, 3.8) is 0 Å². The fourth-order valence-corrected chi connectivity index (χ4v) is 1.10. The first kappa shape index (κ1) is 13.1. The van der Waals surface area contributed by atoms with E-state index < -0.39 is 18.1 Å². The molecule has 1 aromatic carbocycles. The van der Waals surface area contributed by atoms with E-state index in [1.165, 1.54) is 6.07 Å². The van der Waals surface area contributed by atoms with Crippen molar-refractivity contribution in [2.45, 2.75) is 6.36 Å². The monoisotopic (exact) mass is 250 g/mol. The average Bonchev–Trinajstić information content (AvgIpc) is 2.25. The van der Waals surface area contributed by atoms with Gasteiger partial charge in [-0.15, -0.1) is 13.2 Å². The minimum atomic E-state index is -4.91. The number of carbonyl (C=O) groups excluding carboxylic acids is 1.